The van der Waals surface area contributed by atoms with Gasteiger partial charge < -0.3 is 5.73 Å². The van der Waals surface area contributed by atoms with Gasteiger partial charge in [0.25, 0.3) is 0 Å². The standard InChI is InChI=1S/C21H18ClN5O/c1-3-13-4-9-18-16(10-13)20(14-5-7-15(22)8-6-14)24-17(11-19(23)28)21-26-25-12(2)27(18)21/h3-10,17H,1,11H2,2H3,(H2,23,28)/t17-/m0/s1. The van der Waals surface area contributed by atoms with E-state index in [0.717, 1.165) is 28.1 Å². The molecule has 2 aromatic carbocycles. The number of primary amides is 1. The maximum atomic E-state index is 11.7. The fraction of sp³-hybridized carbons (Fsp3) is 0.143. The molecular formula is C21H18ClN5O. The molecule has 0 bridgehead atoms. The molecule has 0 spiro atoms. The topological polar surface area (TPSA) is 86.2 Å². The number of aryl methyl sites for hydroxylation is 1. The Morgan fingerprint density at radius 2 is 2.00 bits per heavy atom. The lowest BCUT2D eigenvalue weighted by atomic mass is 9.98. The van der Waals surface area contributed by atoms with Gasteiger partial charge in [-0.25, -0.2) is 0 Å². The van der Waals surface area contributed by atoms with Gasteiger partial charge in [-0.2, -0.15) is 0 Å². The fourth-order valence-electron chi connectivity index (χ4n) is 3.41. The number of hydrogen-bond acceptors (Lipinski definition) is 4. The van der Waals surface area contributed by atoms with E-state index >= 15 is 0 Å². The first-order valence-electron chi connectivity index (χ1n) is 8.79. The summed E-state index contributed by atoms with van der Waals surface area (Å²) >= 11 is 6.07. The van der Waals surface area contributed by atoms with Crippen LogP contribution in [0.3, 0.4) is 0 Å². The van der Waals surface area contributed by atoms with Crippen molar-refractivity contribution in [3.05, 3.63) is 82.4 Å². The van der Waals surface area contributed by atoms with E-state index < -0.39 is 11.9 Å². The van der Waals surface area contributed by atoms with Gasteiger partial charge in [-0.1, -0.05) is 42.5 Å². The van der Waals surface area contributed by atoms with Gasteiger partial charge in [-0.3, -0.25) is 14.4 Å². The lowest BCUT2D eigenvalue weighted by molar-refractivity contribution is -0.118. The van der Waals surface area contributed by atoms with Crippen LogP contribution in [0.1, 0.15) is 40.8 Å². The fourth-order valence-corrected chi connectivity index (χ4v) is 3.53. The van der Waals surface area contributed by atoms with Gasteiger partial charge in [0, 0.05) is 16.1 Å². The van der Waals surface area contributed by atoms with Crippen LogP contribution < -0.4 is 5.73 Å². The molecule has 28 heavy (non-hydrogen) atoms. The minimum Gasteiger partial charge on any atom is -0.370 e. The molecule has 0 radical (unpaired) electrons. The van der Waals surface area contributed by atoms with Crippen molar-refractivity contribution in [1.82, 2.24) is 14.8 Å². The zero-order valence-electron chi connectivity index (χ0n) is 15.3. The molecular weight excluding hydrogens is 374 g/mol. The van der Waals surface area contributed by atoms with Crippen molar-refractivity contribution in [2.24, 2.45) is 10.7 Å². The van der Waals surface area contributed by atoms with Crippen molar-refractivity contribution in [2.75, 3.05) is 0 Å². The molecule has 3 aromatic rings. The number of fused-ring (bicyclic) bond motifs is 3. The summed E-state index contributed by atoms with van der Waals surface area (Å²) in [6.45, 7) is 5.74. The number of rotatable bonds is 4. The summed E-state index contributed by atoms with van der Waals surface area (Å²) in [4.78, 5) is 16.6. The monoisotopic (exact) mass is 391 g/mol. The maximum Gasteiger partial charge on any atom is 0.220 e. The normalized spacial score (nSPS) is 15.2. The Hall–Kier alpha value is -3.25. The molecule has 1 aliphatic heterocycles. The van der Waals surface area contributed by atoms with Crippen LogP contribution in [0.15, 0.2) is 54.0 Å². The van der Waals surface area contributed by atoms with Crippen LogP contribution >= 0.6 is 11.6 Å². The number of nitrogens with two attached hydrogens (primary N) is 1. The van der Waals surface area contributed by atoms with Crippen molar-refractivity contribution in [1.29, 1.82) is 0 Å². The Morgan fingerprint density at radius 3 is 2.68 bits per heavy atom. The van der Waals surface area contributed by atoms with Crippen LogP contribution in [0, 0.1) is 6.92 Å². The average Bonchev–Trinajstić information content (AvgIpc) is 3.00. The SMILES string of the molecule is C=Cc1ccc2c(c1)C(c1ccc(Cl)cc1)=N[C@@H](CC(N)=O)c1nnc(C)n1-2. The van der Waals surface area contributed by atoms with Crippen molar-refractivity contribution < 1.29 is 4.79 Å². The van der Waals surface area contributed by atoms with Gasteiger partial charge in [-0.05, 0) is 36.8 Å². The highest BCUT2D eigenvalue weighted by Crippen LogP contribution is 2.33. The van der Waals surface area contributed by atoms with Crippen molar-refractivity contribution in [3.8, 4) is 5.69 Å². The number of carbonyl (C=O) groups excluding carboxylic acids is 1. The summed E-state index contributed by atoms with van der Waals surface area (Å²) < 4.78 is 1.93. The number of amides is 1. The number of halogens is 1. The van der Waals surface area contributed by atoms with Gasteiger partial charge in [0.15, 0.2) is 5.82 Å². The highest BCUT2D eigenvalue weighted by atomic mass is 35.5. The predicted octanol–water partition coefficient (Wildman–Crippen LogP) is 3.64. The maximum absolute atomic E-state index is 11.7. The zero-order chi connectivity index (χ0) is 19.8. The Morgan fingerprint density at radius 1 is 1.25 bits per heavy atom. The number of aliphatic imine (C=N–C) groups is 1. The van der Waals surface area contributed by atoms with E-state index in [-0.39, 0.29) is 6.42 Å². The average molecular weight is 392 g/mol. The van der Waals surface area contributed by atoms with Crippen molar-refractivity contribution in [2.45, 2.75) is 19.4 Å². The third-order valence-corrected chi connectivity index (χ3v) is 4.95. The molecule has 1 aromatic heterocycles. The van der Waals surface area contributed by atoms with Gasteiger partial charge in [0.2, 0.25) is 5.91 Å². The molecule has 0 saturated heterocycles. The summed E-state index contributed by atoms with van der Waals surface area (Å²) in [5.74, 6) is 0.853. The molecule has 1 aliphatic rings. The Labute approximate surface area is 167 Å². The summed E-state index contributed by atoms with van der Waals surface area (Å²) in [6.07, 6.45) is 1.82. The molecule has 2 N–H and O–H groups in total. The van der Waals surface area contributed by atoms with E-state index in [4.69, 9.17) is 22.3 Å². The molecule has 2 heterocycles. The molecule has 0 aliphatic carbocycles. The molecule has 6 nitrogen and oxygen atoms in total. The molecule has 0 fully saturated rings. The summed E-state index contributed by atoms with van der Waals surface area (Å²) in [5.41, 5.74) is 9.88. The van der Waals surface area contributed by atoms with Gasteiger partial charge in [0.1, 0.15) is 11.9 Å². The van der Waals surface area contributed by atoms with Crippen LogP contribution in [0.5, 0.6) is 0 Å². The van der Waals surface area contributed by atoms with Crippen molar-refractivity contribution in [3.63, 3.8) is 0 Å². The second-order valence-corrected chi connectivity index (χ2v) is 7.03. The van der Waals surface area contributed by atoms with Gasteiger partial charge in [-0.15, -0.1) is 10.2 Å². The Kier molecular flexibility index (Phi) is 4.57. The number of hydrogen-bond donors (Lipinski definition) is 1. The van der Waals surface area contributed by atoms with Crippen LogP contribution in [0.2, 0.25) is 5.02 Å². The number of aromatic nitrogens is 3. The van der Waals surface area contributed by atoms with E-state index in [2.05, 4.69) is 16.8 Å². The minimum atomic E-state index is -0.538. The zero-order valence-corrected chi connectivity index (χ0v) is 16.0. The molecule has 7 heteroatoms. The molecule has 0 saturated carbocycles. The van der Waals surface area contributed by atoms with Crippen LogP contribution in [-0.2, 0) is 4.79 Å². The molecule has 1 amide bonds. The summed E-state index contributed by atoms with van der Waals surface area (Å²) in [7, 11) is 0. The predicted molar refractivity (Wildman–Crippen MR) is 110 cm³/mol. The van der Waals surface area contributed by atoms with Crippen molar-refractivity contribution >= 4 is 29.3 Å². The van der Waals surface area contributed by atoms with Crippen LogP contribution in [-0.4, -0.2) is 26.4 Å². The Bertz CT molecular complexity index is 1110. The van der Waals surface area contributed by atoms with E-state index in [1.54, 1.807) is 6.08 Å². The number of benzene rings is 2. The first-order valence-corrected chi connectivity index (χ1v) is 9.17. The highest BCUT2D eigenvalue weighted by molar-refractivity contribution is 6.30. The number of nitrogens with zero attached hydrogens (tertiary/aromatic N) is 4. The second kappa shape index (κ2) is 7.05. The summed E-state index contributed by atoms with van der Waals surface area (Å²) in [6, 6.07) is 12.9. The first-order chi connectivity index (χ1) is 13.5. The van der Waals surface area contributed by atoms with E-state index in [1.807, 2.05) is 54.0 Å². The first kappa shape index (κ1) is 18.1. The lowest BCUT2D eigenvalue weighted by Crippen LogP contribution is -2.17. The van der Waals surface area contributed by atoms with E-state index in [1.165, 1.54) is 0 Å². The Balaban J connectivity index is 2.03. The highest BCUT2D eigenvalue weighted by Gasteiger charge is 2.29. The lowest BCUT2D eigenvalue weighted by Gasteiger charge is -2.13. The smallest absolute Gasteiger partial charge is 0.220 e. The van der Waals surface area contributed by atoms with E-state index in [0.29, 0.717) is 16.7 Å². The quantitative estimate of drug-likeness (QED) is 0.736. The third-order valence-electron chi connectivity index (χ3n) is 4.70. The molecule has 0 unspecified atom stereocenters. The molecule has 140 valence electrons. The third kappa shape index (κ3) is 3.12. The number of carbonyl (C=O) groups is 1. The minimum absolute atomic E-state index is 0.0392. The van der Waals surface area contributed by atoms with Gasteiger partial charge >= 0.3 is 0 Å². The molecule has 1 atom stereocenters. The largest absolute Gasteiger partial charge is 0.370 e. The second-order valence-electron chi connectivity index (χ2n) is 6.59. The summed E-state index contributed by atoms with van der Waals surface area (Å²) in [5, 5.41) is 9.13. The molecule has 4 rings (SSSR count). The van der Waals surface area contributed by atoms with E-state index in [9.17, 15) is 4.79 Å². The van der Waals surface area contributed by atoms with Crippen LogP contribution in [0.4, 0.5) is 0 Å². The van der Waals surface area contributed by atoms with Crippen LogP contribution in [0.25, 0.3) is 11.8 Å². The van der Waals surface area contributed by atoms with Gasteiger partial charge in [0.05, 0.1) is 17.8 Å².